The van der Waals surface area contributed by atoms with Gasteiger partial charge in [-0.05, 0) is 31.0 Å². The van der Waals surface area contributed by atoms with Gasteiger partial charge in [-0.15, -0.1) is 0 Å². The lowest BCUT2D eigenvalue weighted by Gasteiger charge is -2.24. The third kappa shape index (κ3) is 2.19. The number of hydrogen-bond donors (Lipinski definition) is 1. The molecule has 1 atom stereocenters. The van der Waals surface area contributed by atoms with Gasteiger partial charge in [-0.2, -0.15) is 0 Å². The predicted molar refractivity (Wildman–Crippen MR) is 76.0 cm³/mol. The van der Waals surface area contributed by atoms with Crippen LogP contribution in [0.25, 0.3) is 0 Å². The van der Waals surface area contributed by atoms with Crippen molar-refractivity contribution in [3.8, 4) is 0 Å². The Hall–Kier alpha value is -1.27. The Morgan fingerprint density at radius 2 is 2.11 bits per heavy atom. The zero-order valence-corrected chi connectivity index (χ0v) is 12.4. The highest BCUT2D eigenvalue weighted by Crippen LogP contribution is 2.43. The van der Waals surface area contributed by atoms with Crippen LogP contribution in [0.4, 0.5) is 0 Å². The van der Waals surface area contributed by atoms with Crippen LogP contribution < -0.4 is 5.73 Å². The first-order valence-electron chi connectivity index (χ1n) is 5.86. The number of sulfone groups is 1. The first-order chi connectivity index (χ1) is 8.78. The molecule has 1 aliphatic heterocycles. The lowest BCUT2D eigenvalue weighted by Crippen LogP contribution is -2.24. The van der Waals surface area contributed by atoms with E-state index in [9.17, 15) is 13.2 Å². The van der Waals surface area contributed by atoms with E-state index in [-0.39, 0.29) is 10.5 Å². The fourth-order valence-corrected chi connectivity index (χ4v) is 5.17. The number of carbonyl (C=O) groups is 1. The van der Waals surface area contributed by atoms with Gasteiger partial charge in [0, 0.05) is 15.4 Å². The van der Waals surface area contributed by atoms with Crippen molar-refractivity contribution in [3.05, 3.63) is 34.7 Å². The number of amides is 1. The summed E-state index contributed by atoms with van der Waals surface area (Å²) in [6.45, 7) is 7.29. The monoisotopic (exact) mass is 297 g/mol. The van der Waals surface area contributed by atoms with Crippen molar-refractivity contribution in [2.75, 3.05) is 0 Å². The summed E-state index contributed by atoms with van der Waals surface area (Å²) in [6, 6.07) is 3.14. The molecule has 0 bridgehead atoms. The highest BCUT2D eigenvalue weighted by Gasteiger charge is 2.35. The predicted octanol–water partition coefficient (Wildman–Crippen LogP) is 2.13. The first-order valence-corrected chi connectivity index (χ1v) is 8.22. The second-order valence-corrected chi connectivity index (χ2v) is 7.83. The van der Waals surface area contributed by atoms with Crippen LogP contribution in [-0.2, 0) is 16.3 Å². The Morgan fingerprint density at radius 1 is 1.47 bits per heavy atom. The van der Waals surface area contributed by atoms with Crippen LogP contribution in [0.5, 0.6) is 0 Å². The maximum absolute atomic E-state index is 12.4. The van der Waals surface area contributed by atoms with Crippen LogP contribution in [0.3, 0.4) is 0 Å². The Labute approximate surface area is 117 Å². The van der Waals surface area contributed by atoms with Crippen LogP contribution in [0.2, 0.25) is 0 Å². The SMILES string of the molecule is C=C1Sc2cc(CC)c(C(N)=O)cc2S(=O)(=O)C1C. The van der Waals surface area contributed by atoms with E-state index in [0.717, 1.165) is 5.56 Å². The quantitative estimate of drug-likeness (QED) is 0.907. The molecule has 19 heavy (non-hydrogen) atoms. The molecule has 1 amide bonds. The second-order valence-electron chi connectivity index (χ2n) is 4.43. The molecule has 1 heterocycles. The van der Waals surface area contributed by atoms with Crippen LogP contribution in [0.15, 0.2) is 33.4 Å². The number of aryl methyl sites for hydroxylation is 1. The van der Waals surface area contributed by atoms with Gasteiger partial charge in [-0.1, -0.05) is 25.3 Å². The van der Waals surface area contributed by atoms with Gasteiger partial charge in [-0.25, -0.2) is 8.42 Å². The molecule has 2 N–H and O–H groups in total. The molecule has 0 fully saturated rings. The van der Waals surface area contributed by atoms with Crippen LogP contribution in [0.1, 0.15) is 29.8 Å². The number of fused-ring (bicyclic) bond motifs is 1. The maximum atomic E-state index is 12.4. The van der Waals surface area contributed by atoms with E-state index in [1.165, 1.54) is 17.8 Å². The minimum Gasteiger partial charge on any atom is -0.366 e. The molecule has 0 aliphatic carbocycles. The maximum Gasteiger partial charge on any atom is 0.249 e. The van der Waals surface area contributed by atoms with E-state index in [0.29, 0.717) is 16.2 Å². The molecular weight excluding hydrogens is 282 g/mol. The summed E-state index contributed by atoms with van der Waals surface area (Å²) in [7, 11) is -3.48. The highest BCUT2D eigenvalue weighted by molar-refractivity contribution is 8.06. The van der Waals surface area contributed by atoms with Gasteiger partial charge in [0.2, 0.25) is 5.91 Å². The molecule has 6 heteroatoms. The van der Waals surface area contributed by atoms with Crippen LogP contribution in [0, 0.1) is 0 Å². The number of benzene rings is 1. The third-order valence-electron chi connectivity index (χ3n) is 3.28. The van der Waals surface area contributed by atoms with E-state index in [1.54, 1.807) is 13.0 Å². The Balaban J connectivity index is 2.77. The molecule has 1 aromatic rings. The molecule has 2 rings (SSSR count). The van der Waals surface area contributed by atoms with Crippen molar-refractivity contribution in [1.82, 2.24) is 0 Å². The number of rotatable bonds is 2. The van der Waals surface area contributed by atoms with Crippen molar-refractivity contribution in [2.45, 2.75) is 35.3 Å². The van der Waals surface area contributed by atoms with E-state index in [2.05, 4.69) is 6.58 Å². The standard InChI is InChI=1S/C13H15NO3S2/c1-4-9-5-11-12(6-10(9)13(14)15)19(16,17)8(3)7(2)18-11/h5-6,8H,2,4H2,1,3H3,(H2,14,15). The summed E-state index contributed by atoms with van der Waals surface area (Å²) in [4.78, 5) is 12.8. The van der Waals surface area contributed by atoms with Crippen molar-refractivity contribution in [3.63, 3.8) is 0 Å². The second kappa shape index (κ2) is 4.68. The van der Waals surface area contributed by atoms with Gasteiger partial charge >= 0.3 is 0 Å². The summed E-state index contributed by atoms with van der Waals surface area (Å²) >= 11 is 1.35. The molecule has 0 saturated heterocycles. The molecule has 4 nitrogen and oxygen atoms in total. The van der Waals surface area contributed by atoms with E-state index >= 15 is 0 Å². The Morgan fingerprint density at radius 3 is 2.63 bits per heavy atom. The first kappa shape index (κ1) is 14.1. The van der Waals surface area contributed by atoms with E-state index in [1.807, 2.05) is 6.92 Å². The molecule has 102 valence electrons. The van der Waals surface area contributed by atoms with Gasteiger partial charge in [0.05, 0.1) is 10.1 Å². The average Bonchev–Trinajstić information content (AvgIpc) is 2.35. The summed E-state index contributed by atoms with van der Waals surface area (Å²) in [5.74, 6) is -0.600. The van der Waals surface area contributed by atoms with Gasteiger partial charge in [0.25, 0.3) is 0 Å². The lowest BCUT2D eigenvalue weighted by molar-refractivity contribution is 0.0999. The number of carbonyl (C=O) groups excluding carboxylic acids is 1. The zero-order chi connectivity index (χ0) is 14.4. The average molecular weight is 297 g/mol. The highest BCUT2D eigenvalue weighted by atomic mass is 32.2. The summed E-state index contributed by atoms with van der Waals surface area (Å²) < 4.78 is 24.7. The minimum absolute atomic E-state index is 0.184. The fourth-order valence-electron chi connectivity index (χ4n) is 2.01. The Bertz CT molecular complexity index is 677. The molecular formula is C13H15NO3S2. The van der Waals surface area contributed by atoms with E-state index in [4.69, 9.17) is 5.73 Å². The summed E-state index contributed by atoms with van der Waals surface area (Å²) in [6.07, 6.45) is 0.619. The van der Waals surface area contributed by atoms with Crippen molar-refractivity contribution >= 4 is 27.5 Å². The number of hydrogen-bond acceptors (Lipinski definition) is 4. The topological polar surface area (TPSA) is 77.2 Å². The third-order valence-corrected chi connectivity index (χ3v) is 6.90. The van der Waals surface area contributed by atoms with Gasteiger partial charge in [0.1, 0.15) is 0 Å². The molecule has 1 unspecified atom stereocenters. The summed E-state index contributed by atoms with van der Waals surface area (Å²) in [5, 5.41) is -0.654. The minimum atomic E-state index is -3.48. The van der Waals surface area contributed by atoms with Crippen LogP contribution in [-0.4, -0.2) is 19.6 Å². The fraction of sp³-hybridized carbons (Fsp3) is 0.308. The van der Waals surface area contributed by atoms with Crippen molar-refractivity contribution < 1.29 is 13.2 Å². The summed E-state index contributed by atoms with van der Waals surface area (Å²) in [5.41, 5.74) is 6.36. The number of thioether (sulfide) groups is 1. The largest absolute Gasteiger partial charge is 0.366 e. The normalized spacial score (nSPS) is 20.9. The van der Waals surface area contributed by atoms with Crippen LogP contribution >= 0.6 is 11.8 Å². The number of nitrogens with two attached hydrogens (primary N) is 1. The Kier molecular flexibility index (Phi) is 3.49. The van der Waals surface area contributed by atoms with Crippen molar-refractivity contribution in [1.29, 1.82) is 0 Å². The molecule has 1 aliphatic rings. The van der Waals surface area contributed by atoms with E-state index < -0.39 is 21.0 Å². The smallest absolute Gasteiger partial charge is 0.249 e. The molecule has 0 radical (unpaired) electrons. The van der Waals surface area contributed by atoms with Gasteiger partial charge in [0.15, 0.2) is 9.84 Å². The van der Waals surface area contributed by atoms with Crippen molar-refractivity contribution in [2.24, 2.45) is 5.73 Å². The lowest BCUT2D eigenvalue weighted by atomic mass is 10.1. The molecule has 0 saturated carbocycles. The molecule has 0 aromatic heterocycles. The molecule has 0 spiro atoms. The van der Waals surface area contributed by atoms with Gasteiger partial charge in [-0.3, -0.25) is 4.79 Å². The number of primary amides is 1. The van der Waals surface area contributed by atoms with Gasteiger partial charge < -0.3 is 5.73 Å². The molecule has 1 aromatic carbocycles. The zero-order valence-electron chi connectivity index (χ0n) is 10.8.